The number of aromatic amines is 1. The minimum Gasteiger partial charge on any atom is -0.381 e. The van der Waals surface area contributed by atoms with Crippen LogP contribution in [0.25, 0.3) is 16.7 Å². The lowest BCUT2D eigenvalue weighted by Gasteiger charge is -2.18. The lowest BCUT2D eigenvalue weighted by Crippen LogP contribution is -2.26. The van der Waals surface area contributed by atoms with E-state index in [2.05, 4.69) is 27.3 Å². The quantitative estimate of drug-likeness (QED) is 0.543. The predicted molar refractivity (Wildman–Crippen MR) is 114 cm³/mol. The Hall–Kier alpha value is -3.52. The summed E-state index contributed by atoms with van der Waals surface area (Å²) in [6.07, 6.45) is 0.847. The van der Waals surface area contributed by atoms with Gasteiger partial charge in [0.1, 0.15) is 5.82 Å². The van der Waals surface area contributed by atoms with E-state index in [1.165, 1.54) is 11.1 Å². The van der Waals surface area contributed by atoms with Crippen LogP contribution in [-0.4, -0.2) is 43.6 Å². The zero-order valence-electron chi connectivity index (χ0n) is 17.1. The Balaban J connectivity index is 1.47. The summed E-state index contributed by atoms with van der Waals surface area (Å²) in [5.41, 5.74) is 5.14. The van der Waals surface area contributed by atoms with Gasteiger partial charge in [0.05, 0.1) is 17.6 Å². The summed E-state index contributed by atoms with van der Waals surface area (Å²) in [7, 11) is 0. The van der Waals surface area contributed by atoms with Crippen LogP contribution in [0.4, 0.5) is 0 Å². The monoisotopic (exact) mass is 415 g/mol. The molecule has 0 aliphatic carbocycles. The predicted octanol–water partition coefficient (Wildman–Crippen LogP) is 2.54. The number of aromatic nitrogens is 4. The molecular weight excluding hydrogens is 394 g/mol. The summed E-state index contributed by atoms with van der Waals surface area (Å²) < 4.78 is 7.33. The van der Waals surface area contributed by atoms with E-state index < -0.39 is 0 Å². The summed E-state index contributed by atoms with van der Waals surface area (Å²) in [4.78, 5) is 30.8. The standard InChI is InChI=1S/C23H21N5O3/c1-13-8-19-18(9-17(13)23(30)27-10-14-4-2-3-5-15(14)11-27)24-22(29)21-26-25-20(28(19)21)16-6-7-31-12-16/h2-5,8-9,16H,6-7,10-12H2,1H3,(H,24,29). The van der Waals surface area contributed by atoms with Crippen molar-refractivity contribution in [1.82, 2.24) is 24.5 Å². The molecule has 0 bridgehead atoms. The molecule has 2 aliphatic rings. The van der Waals surface area contributed by atoms with Crippen molar-refractivity contribution in [2.75, 3.05) is 13.2 Å². The fourth-order valence-electron chi connectivity index (χ4n) is 4.72. The topological polar surface area (TPSA) is 92.6 Å². The molecule has 1 atom stereocenters. The van der Waals surface area contributed by atoms with Crippen LogP contribution in [0.3, 0.4) is 0 Å². The van der Waals surface area contributed by atoms with Crippen molar-refractivity contribution in [3.05, 3.63) is 74.8 Å². The van der Waals surface area contributed by atoms with Crippen molar-refractivity contribution in [2.24, 2.45) is 0 Å². The number of ether oxygens (including phenoxy) is 1. The first kappa shape index (κ1) is 18.3. The van der Waals surface area contributed by atoms with Crippen molar-refractivity contribution in [3.63, 3.8) is 0 Å². The van der Waals surface area contributed by atoms with E-state index in [0.29, 0.717) is 37.4 Å². The minimum atomic E-state index is -0.319. The lowest BCUT2D eigenvalue weighted by molar-refractivity contribution is 0.0751. The molecule has 156 valence electrons. The van der Waals surface area contributed by atoms with Crippen LogP contribution in [0, 0.1) is 6.92 Å². The van der Waals surface area contributed by atoms with Crippen LogP contribution in [-0.2, 0) is 17.8 Å². The van der Waals surface area contributed by atoms with Gasteiger partial charge in [-0.3, -0.25) is 14.0 Å². The van der Waals surface area contributed by atoms with Crippen LogP contribution in [0.1, 0.15) is 45.2 Å². The zero-order valence-corrected chi connectivity index (χ0v) is 17.1. The first-order valence-electron chi connectivity index (χ1n) is 10.5. The third-order valence-electron chi connectivity index (χ3n) is 6.38. The second kappa shape index (κ2) is 6.75. The van der Waals surface area contributed by atoms with Crippen LogP contribution in [0.2, 0.25) is 0 Å². The van der Waals surface area contributed by atoms with E-state index in [1.54, 1.807) is 6.07 Å². The molecule has 1 fully saturated rings. The van der Waals surface area contributed by atoms with Crippen molar-refractivity contribution < 1.29 is 9.53 Å². The molecule has 0 saturated carbocycles. The number of aryl methyl sites for hydroxylation is 1. The maximum atomic E-state index is 13.3. The van der Waals surface area contributed by atoms with E-state index in [9.17, 15) is 9.59 Å². The molecule has 31 heavy (non-hydrogen) atoms. The number of hydrogen-bond acceptors (Lipinski definition) is 5. The number of H-pyrrole nitrogens is 1. The van der Waals surface area contributed by atoms with Gasteiger partial charge in [0.25, 0.3) is 11.5 Å². The van der Waals surface area contributed by atoms with Crippen LogP contribution in [0.5, 0.6) is 0 Å². The number of nitrogens with zero attached hydrogens (tertiary/aromatic N) is 4. The van der Waals surface area contributed by atoms with E-state index in [4.69, 9.17) is 4.74 Å². The van der Waals surface area contributed by atoms with Crippen molar-refractivity contribution in [1.29, 1.82) is 0 Å². The summed E-state index contributed by atoms with van der Waals surface area (Å²) in [5, 5.41) is 8.42. The smallest absolute Gasteiger partial charge is 0.294 e. The minimum absolute atomic E-state index is 0.0373. The van der Waals surface area contributed by atoms with Gasteiger partial charge in [-0.05, 0) is 42.2 Å². The molecule has 2 aromatic heterocycles. The van der Waals surface area contributed by atoms with Crippen LogP contribution < -0.4 is 5.56 Å². The van der Waals surface area contributed by atoms with Crippen molar-refractivity contribution in [2.45, 2.75) is 32.4 Å². The van der Waals surface area contributed by atoms with Crippen LogP contribution in [0.15, 0.2) is 41.2 Å². The Bertz CT molecular complexity index is 1390. The molecule has 1 N–H and O–H groups in total. The molecule has 0 spiro atoms. The SMILES string of the molecule is Cc1cc2c(cc1C(=O)N1Cc3ccccc3C1)[nH]c(=O)c1nnc(C3CCOC3)n12. The van der Waals surface area contributed by atoms with E-state index >= 15 is 0 Å². The number of carbonyl (C=O) groups is 1. The van der Waals surface area contributed by atoms with Gasteiger partial charge in [-0.2, -0.15) is 0 Å². The molecule has 4 aromatic rings. The Morgan fingerprint density at radius 3 is 2.65 bits per heavy atom. The second-order valence-electron chi connectivity index (χ2n) is 8.35. The maximum Gasteiger partial charge on any atom is 0.294 e. The number of carbonyl (C=O) groups excluding carboxylic acids is 1. The highest BCUT2D eigenvalue weighted by molar-refractivity contribution is 5.99. The van der Waals surface area contributed by atoms with Gasteiger partial charge in [-0.25, -0.2) is 0 Å². The normalized spacial score (nSPS) is 18.2. The van der Waals surface area contributed by atoms with Gasteiger partial charge >= 0.3 is 0 Å². The molecule has 2 aliphatic heterocycles. The Kier molecular flexibility index (Phi) is 3.97. The average Bonchev–Trinajstić information content (AvgIpc) is 3.51. The first-order chi connectivity index (χ1) is 15.1. The number of nitrogens with one attached hydrogen (secondary N) is 1. The molecule has 1 amide bonds. The molecular formula is C23H21N5O3. The maximum absolute atomic E-state index is 13.3. The third-order valence-corrected chi connectivity index (χ3v) is 6.38. The van der Waals surface area contributed by atoms with Crippen LogP contribution >= 0.6 is 0 Å². The lowest BCUT2D eigenvalue weighted by atomic mass is 10.1. The Morgan fingerprint density at radius 2 is 1.94 bits per heavy atom. The molecule has 6 rings (SSSR count). The van der Waals surface area contributed by atoms with Gasteiger partial charge in [-0.15, -0.1) is 10.2 Å². The molecule has 0 radical (unpaired) electrons. The highest BCUT2D eigenvalue weighted by Crippen LogP contribution is 2.29. The fourth-order valence-corrected chi connectivity index (χ4v) is 4.72. The van der Waals surface area contributed by atoms with E-state index in [0.717, 1.165) is 23.3 Å². The Labute approximate surface area is 177 Å². The average molecular weight is 415 g/mol. The largest absolute Gasteiger partial charge is 0.381 e. The number of fused-ring (bicyclic) bond motifs is 4. The first-order valence-corrected chi connectivity index (χ1v) is 10.5. The van der Waals surface area contributed by atoms with Crippen molar-refractivity contribution in [3.8, 4) is 0 Å². The number of hydrogen-bond donors (Lipinski definition) is 1. The summed E-state index contributed by atoms with van der Waals surface area (Å²) in [6, 6.07) is 11.8. The molecule has 2 aromatic carbocycles. The number of amides is 1. The number of rotatable bonds is 2. The van der Waals surface area contributed by atoms with E-state index in [-0.39, 0.29) is 23.0 Å². The number of benzene rings is 2. The fraction of sp³-hybridized carbons (Fsp3) is 0.304. The Morgan fingerprint density at radius 1 is 1.16 bits per heavy atom. The second-order valence-corrected chi connectivity index (χ2v) is 8.35. The zero-order chi connectivity index (χ0) is 21.1. The molecule has 4 heterocycles. The summed E-state index contributed by atoms with van der Waals surface area (Å²) >= 11 is 0. The van der Waals surface area contributed by atoms with Gasteiger partial charge < -0.3 is 14.6 Å². The van der Waals surface area contributed by atoms with Crippen molar-refractivity contribution >= 4 is 22.6 Å². The van der Waals surface area contributed by atoms with Gasteiger partial charge in [-0.1, -0.05) is 24.3 Å². The van der Waals surface area contributed by atoms with Gasteiger partial charge in [0, 0.05) is 31.2 Å². The summed E-state index contributed by atoms with van der Waals surface area (Å²) in [6.45, 7) is 4.37. The molecule has 8 nitrogen and oxygen atoms in total. The summed E-state index contributed by atoms with van der Waals surface area (Å²) in [5.74, 6) is 0.798. The van der Waals surface area contributed by atoms with Gasteiger partial charge in [0.2, 0.25) is 5.65 Å². The molecule has 8 heteroatoms. The highest BCUT2D eigenvalue weighted by Gasteiger charge is 2.27. The molecule has 1 saturated heterocycles. The highest BCUT2D eigenvalue weighted by atomic mass is 16.5. The van der Waals surface area contributed by atoms with E-state index in [1.807, 2.05) is 34.4 Å². The molecule has 1 unspecified atom stereocenters. The third kappa shape index (κ3) is 2.79. The van der Waals surface area contributed by atoms with Gasteiger partial charge in [0.15, 0.2) is 0 Å².